The summed E-state index contributed by atoms with van der Waals surface area (Å²) >= 11 is 1.53. The number of thioether (sulfide) groups is 1. The first-order valence-corrected chi connectivity index (χ1v) is 8.46. The van der Waals surface area contributed by atoms with E-state index in [-0.39, 0.29) is 5.91 Å². The van der Waals surface area contributed by atoms with Gasteiger partial charge in [0.1, 0.15) is 0 Å². The van der Waals surface area contributed by atoms with Crippen molar-refractivity contribution < 1.29 is 4.79 Å². The van der Waals surface area contributed by atoms with Gasteiger partial charge in [0.2, 0.25) is 5.91 Å². The van der Waals surface area contributed by atoms with E-state index in [0.717, 1.165) is 33.4 Å². The molecule has 2 aromatic rings. The minimum atomic E-state index is 0.0124. The fraction of sp³-hybridized carbons (Fsp3) is 0.353. The summed E-state index contributed by atoms with van der Waals surface area (Å²) in [4.78, 5) is 21.0. The molecule has 2 rings (SSSR count). The molecular weight excluding hydrogens is 294 g/mol. The molecule has 0 aliphatic carbocycles. The maximum atomic E-state index is 12.1. The van der Waals surface area contributed by atoms with Crippen LogP contribution in [0.3, 0.4) is 0 Å². The van der Waals surface area contributed by atoms with Gasteiger partial charge in [-0.2, -0.15) is 0 Å². The van der Waals surface area contributed by atoms with Gasteiger partial charge in [0.25, 0.3) is 0 Å². The highest BCUT2D eigenvalue weighted by molar-refractivity contribution is 7.98. The molecule has 0 atom stereocenters. The number of anilines is 1. The van der Waals surface area contributed by atoms with Crippen LogP contribution in [-0.2, 0) is 11.2 Å². The third-order valence-corrected chi connectivity index (χ3v) is 4.03. The molecule has 116 valence electrons. The first-order valence-electron chi connectivity index (χ1n) is 7.24. The number of nitrogens with zero attached hydrogens (tertiary/aromatic N) is 2. The average Bonchev–Trinajstić information content (AvgIpc) is 2.46. The third-order valence-electron chi connectivity index (χ3n) is 3.49. The number of nitrogens with one attached hydrogen (secondary N) is 1. The summed E-state index contributed by atoms with van der Waals surface area (Å²) in [5, 5.41) is 3.71. The van der Waals surface area contributed by atoms with Crippen molar-refractivity contribution in [2.75, 3.05) is 11.6 Å². The number of rotatable bonds is 5. The topological polar surface area (TPSA) is 54.9 Å². The lowest BCUT2D eigenvalue weighted by Crippen LogP contribution is -2.13. The quantitative estimate of drug-likeness (QED) is 0.675. The standard InChI is InChI=1S/C17H21N3OS/c1-11-6-5-7-14(10-11)20-16(21)9-8-15-12(2)18-17(22-4)19-13(15)3/h5-7,10H,8-9H2,1-4H3,(H,20,21). The van der Waals surface area contributed by atoms with Gasteiger partial charge in [0, 0.05) is 23.5 Å². The van der Waals surface area contributed by atoms with E-state index in [4.69, 9.17) is 0 Å². The van der Waals surface area contributed by atoms with Gasteiger partial charge in [-0.25, -0.2) is 9.97 Å². The Labute approximate surface area is 135 Å². The molecule has 0 radical (unpaired) electrons. The van der Waals surface area contributed by atoms with Crippen LogP contribution in [0.15, 0.2) is 29.4 Å². The highest BCUT2D eigenvalue weighted by atomic mass is 32.2. The smallest absolute Gasteiger partial charge is 0.224 e. The van der Waals surface area contributed by atoms with Crippen molar-refractivity contribution in [3.8, 4) is 0 Å². The molecule has 0 spiro atoms. The second-order valence-electron chi connectivity index (χ2n) is 5.28. The molecule has 0 fully saturated rings. The van der Waals surface area contributed by atoms with E-state index in [9.17, 15) is 4.79 Å². The summed E-state index contributed by atoms with van der Waals surface area (Å²) in [6, 6.07) is 7.81. The molecule has 0 bridgehead atoms. The summed E-state index contributed by atoms with van der Waals surface area (Å²) in [7, 11) is 0. The molecule has 1 heterocycles. The summed E-state index contributed by atoms with van der Waals surface area (Å²) in [5.74, 6) is 0.0124. The Bertz CT molecular complexity index is 662. The van der Waals surface area contributed by atoms with Gasteiger partial charge in [0.05, 0.1) is 0 Å². The van der Waals surface area contributed by atoms with Crippen LogP contribution < -0.4 is 5.32 Å². The van der Waals surface area contributed by atoms with Crippen molar-refractivity contribution in [1.82, 2.24) is 9.97 Å². The van der Waals surface area contributed by atoms with E-state index in [1.807, 2.05) is 51.3 Å². The normalized spacial score (nSPS) is 10.5. The van der Waals surface area contributed by atoms with Crippen LogP contribution in [0.4, 0.5) is 5.69 Å². The van der Waals surface area contributed by atoms with Crippen LogP contribution in [0.5, 0.6) is 0 Å². The average molecular weight is 315 g/mol. The van der Waals surface area contributed by atoms with E-state index in [2.05, 4.69) is 15.3 Å². The summed E-state index contributed by atoms with van der Waals surface area (Å²) < 4.78 is 0. The minimum Gasteiger partial charge on any atom is -0.326 e. The fourth-order valence-corrected chi connectivity index (χ4v) is 2.80. The molecule has 1 aromatic heterocycles. The van der Waals surface area contributed by atoms with Crippen molar-refractivity contribution in [3.05, 3.63) is 46.8 Å². The van der Waals surface area contributed by atoms with Crippen LogP contribution in [0, 0.1) is 20.8 Å². The number of aromatic nitrogens is 2. The summed E-state index contributed by atoms with van der Waals surface area (Å²) in [6.45, 7) is 5.96. The molecule has 5 heteroatoms. The van der Waals surface area contributed by atoms with E-state index < -0.39 is 0 Å². The molecule has 0 aliphatic rings. The largest absolute Gasteiger partial charge is 0.326 e. The highest BCUT2D eigenvalue weighted by Gasteiger charge is 2.10. The second-order valence-corrected chi connectivity index (χ2v) is 6.05. The number of carbonyl (C=O) groups is 1. The lowest BCUT2D eigenvalue weighted by molar-refractivity contribution is -0.116. The van der Waals surface area contributed by atoms with Gasteiger partial charge in [-0.1, -0.05) is 23.9 Å². The van der Waals surface area contributed by atoms with Crippen LogP contribution in [0.1, 0.15) is 28.9 Å². The maximum Gasteiger partial charge on any atom is 0.224 e. The van der Waals surface area contributed by atoms with Gasteiger partial charge in [-0.3, -0.25) is 4.79 Å². The monoisotopic (exact) mass is 315 g/mol. The zero-order valence-electron chi connectivity index (χ0n) is 13.4. The number of hydrogen-bond donors (Lipinski definition) is 1. The van der Waals surface area contributed by atoms with Crippen molar-refractivity contribution >= 4 is 23.4 Å². The molecule has 4 nitrogen and oxygen atoms in total. The maximum absolute atomic E-state index is 12.1. The lowest BCUT2D eigenvalue weighted by Gasteiger charge is -2.10. The first-order chi connectivity index (χ1) is 10.5. The van der Waals surface area contributed by atoms with Crippen molar-refractivity contribution in [3.63, 3.8) is 0 Å². The Morgan fingerprint density at radius 2 is 1.86 bits per heavy atom. The summed E-state index contributed by atoms with van der Waals surface area (Å²) in [5.41, 5.74) is 4.95. The number of aryl methyl sites for hydroxylation is 3. The molecule has 0 saturated carbocycles. The van der Waals surface area contributed by atoms with Gasteiger partial charge in [-0.15, -0.1) is 0 Å². The van der Waals surface area contributed by atoms with Crippen LogP contribution >= 0.6 is 11.8 Å². The Morgan fingerprint density at radius 1 is 1.18 bits per heavy atom. The Balaban J connectivity index is 1.99. The van der Waals surface area contributed by atoms with Gasteiger partial charge in [-0.05, 0) is 56.7 Å². The predicted molar refractivity (Wildman–Crippen MR) is 91.4 cm³/mol. The molecule has 1 aromatic carbocycles. The fourth-order valence-electron chi connectivity index (χ4n) is 2.35. The van der Waals surface area contributed by atoms with E-state index in [0.29, 0.717) is 12.8 Å². The van der Waals surface area contributed by atoms with Crippen LogP contribution in [0.25, 0.3) is 0 Å². The van der Waals surface area contributed by atoms with Crippen LogP contribution in [-0.4, -0.2) is 22.1 Å². The Hall–Kier alpha value is -1.88. The Kier molecular flexibility index (Phi) is 5.55. The Morgan fingerprint density at radius 3 is 2.45 bits per heavy atom. The molecule has 0 unspecified atom stereocenters. The van der Waals surface area contributed by atoms with Gasteiger partial charge in [0.15, 0.2) is 5.16 Å². The predicted octanol–water partition coefficient (Wildman–Crippen LogP) is 3.70. The van der Waals surface area contributed by atoms with Crippen molar-refractivity contribution in [1.29, 1.82) is 0 Å². The van der Waals surface area contributed by atoms with Crippen LogP contribution in [0.2, 0.25) is 0 Å². The first kappa shape index (κ1) is 16.5. The van der Waals surface area contributed by atoms with E-state index in [1.54, 1.807) is 0 Å². The molecule has 1 amide bonds. The molecule has 0 saturated heterocycles. The number of hydrogen-bond acceptors (Lipinski definition) is 4. The lowest BCUT2D eigenvalue weighted by atomic mass is 10.1. The minimum absolute atomic E-state index is 0.0124. The molecule has 1 N–H and O–H groups in total. The zero-order valence-corrected chi connectivity index (χ0v) is 14.3. The SMILES string of the molecule is CSc1nc(C)c(CCC(=O)Nc2cccc(C)c2)c(C)n1. The van der Waals surface area contributed by atoms with Crippen molar-refractivity contribution in [2.24, 2.45) is 0 Å². The van der Waals surface area contributed by atoms with E-state index in [1.165, 1.54) is 11.8 Å². The highest BCUT2D eigenvalue weighted by Crippen LogP contribution is 2.17. The second kappa shape index (κ2) is 7.40. The molecule has 0 aliphatic heterocycles. The zero-order chi connectivity index (χ0) is 16.1. The van der Waals surface area contributed by atoms with Crippen molar-refractivity contribution in [2.45, 2.75) is 38.8 Å². The molecule has 22 heavy (non-hydrogen) atoms. The third kappa shape index (κ3) is 4.31. The summed E-state index contributed by atoms with van der Waals surface area (Å²) in [6.07, 6.45) is 3.05. The number of amides is 1. The van der Waals surface area contributed by atoms with Gasteiger partial charge >= 0.3 is 0 Å². The molecular formula is C17H21N3OS. The number of benzene rings is 1. The van der Waals surface area contributed by atoms with Gasteiger partial charge < -0.3 is 5.32 Å². The number of carbonyl (C=O) groups excluding carboxylic acids is 1. The van der Waals surface area contributed by atoms with E-state index >= 15 is 0 Å².